The Bertz CT molecular complexity index is 1830. The number of anilines is 2. The molecule has 0 radical (unpaired) electrons. The summed E-state index contributed by atoms with van der Waals surface area (Å²) < 4.78 is 35.9. The highest BCUT2D eigenvalue weighted by molar-refractivity contribution is 7.85. The van der Waals surface area contributed by atoms with Crippen LogP contribution in [0.2, 0.25) is 0 Å². The molecule has 43 heavy (non-hydrogen) atoms. The van der Waals surface area contributed by atoms with Crippen LogP contribution in [-0.4, -0.2) is 18.8 Å². The lowest BCUT2D eigenvalue weighted by atomic mass is 9.83. The van der Waals surface area contributed by atoms with Crippen molar-refractivity contribution in [3.05, 3.63) is 136 Å². The molecule has 0 saturated heterocycles. The van der Waals surface area contributed by atoms with E-state index in [4.69, 9.17) is 0 Å². The minimum Gasteiger partial charge on any atom is -0.313 e. The fraction of sp³-hybridized carbons (Fsp3) is 0.222. The van der Waals surface area contributed by atoms with Crippen LogP contribution >= 0.6 is 0 Å². The molecule has 1 aromatic heterocycles. The molecule has 0 atom stereocenters. The molecule has 0 spiro atoms. The van der Waals surface area contributed by atoms with E-state index >= 15 is 0 Å². The summed E-state index contributed by atoms with van der Waals surface area (Å²) in [6, 6.07) is 27.3. The number of fused-ring (bicyclic) bond motifs is 1. The maximum atomic E-state index is 11.9. The van der Waals surface area contributed by atoms with Crippen molar-refractivity contribution in [3.8, 4) is 0 Å². The monoisotopic (exact) mass is 593 g/mol. The topological polar surface area (TPSA) is 78.6 Å². The lowest BCUT2D eigenvalue weighted by Gasteiger charge is -2.27. The van der Waals surface area contributed by atoms with Crippen molar-refractivity contribution in [1.29, 1.82) is 0 Å². The summed E-state index contributed by atoms with van der Waals surface area (Å²) in [4.78, 5) is 13.5. The number of benzene rings is 3. The van der Waals surface area contributed by atoms with Crippen molar-refractivity contribution < 1.29 is 22.3 Å². The summed E-state index contributed by atoms with van der Waals surface area (Å²) >= 11 is 0. The van der Waals surface area contributed by atoms with E-state index in [0.717, 1.165) is 51.7 Å². The third-order valence-corrected chi connectivity index (χ3v) is 8.89. The normalized spacial score (nSPS) is 15.3. The second-order valence-corrected chi connectivity index (χ2v) is 13.1. The molecule has 7 heteroatoms. The highest BCUT2D eigenvalue weighted by Gasteiger charge is 2.41. The number of rotatable bonds is 8. The number of allylic oxidation sites excluding steroid dienone is 3. The first-order valence-corrected chi connectivity index (χ1v) is 15.7. The van der Waals surface area contributed by atoms with Gasteiger partial charge in [-0.1, -0.05) is 68.5 Å². The standard InChI is InChI=1S/C36H36N2O4S/c1-25-20-30(21-26(2)37(25)24-29-16-14-28(15-17-29)22-27(3)39)10-9-13-35-36(4,5)33-23-32(43(40,41)42)18-19-34(33)38(35)31-11-7-6-8-12-31/h6-21,23H,22,24H2,1-5H3/p+1. The Kier molecular flexibility index (Phi) is 8.23. The van der Waals surface area contributed by atoms with E-state index in [9.17, 15) is 17.8 Å². The molecular formula is C36H37N2O4S+. The van der Waals surface area contributed by atoms with Crippen LogP contribution in [0.15, 0.2) is 108 Å². The molecule has 0 fully saturated rings. The van der Waals surface area contributed by atoms with E-state index in [2.05, 4.69) is 73.6 Å². The lowest BCUT2D eigenvalue weighted by Crippen LogP contribution is -2.40. The fourth-order valence-corrected chi connectivity index (χ4v) is 6.35. The summed E-state index contributed by atoms with van der Waals surface area (Å²) in [5.41, 5.74) is 8.70. The minimum atomic E-state index is -4.33. The molecule has 220 valence electrons. The molecule has 0 saturated carbocycles. The van der Waals surface area contributed by atoms with Gasteiger partial charge in [0.15, 0.2) is 17.9 Å². The molecular weight excluding hydrogens is 556 g/mol. The molecule has 1 N–H and O–H groups in total. The average molecular weight is 594 g/mol. The Hall–Kier alpha value is -4.33. The average Bonchev–Trinajstić information content (AvgIpc) is 3.17. The predicted octanol–water partition coefficient (Wildman–Crippen LogP) is 7.04. The van der Waals surface area contributed by atoms with Crippen molar-refractivity contribution >= 4 is 33.4 Å². The summed E-state index contributed by atoms with van der Waals surface area (Å²) in [5.74, 6) is 0.160. The molecule has 2 heterocycles. The van der Waals surface area contributed by atoms with Crippen LogP contribution < -0.4 is 9.47 Å². The third-order valence-electron chi connectivity index (χ3n) is 8.04. The van der Waals surface area contributed by atoms with E-state index in [1.54, 1.807) is 19.1 Å². The zero-order valence-electron chi connectivity index (χ0n) is 25.2. The first-order chi connectivity index (χ1) is 20.3. The maximum absolute atomic E-state index is 11.9. The molecule has 0 amide bonds. The Morgan fingerprint density at radius 3 is 2.14 bits per heavy atom. The fourth-order valence-electron chi connectivity index (χ4n) is 5.84. The van der Waals surface area contributed by atoms with Gasteiger partial charge in [-0.3, -0.25) is 9.35 Å². The Morgan fingerprint density at radius 2 is 1.53 bits per heavy atom. The molecule has 6 nitrogen and oxygen atoms in total. The van der Waals surface area contributed by atoms with Gasteiger partial charge in [-0.05, 0) is 60.0 Å². The smallest absolute Gasteiger partial charge is 0.294 e. The second-order valence-electron chi connectivity index (χ2n) is 11.7. The van der Waals surface area contributed by atoms with Crippen molar-refractivity contribution in [3.63, 3.8) is 0 Å². The first kappa shape index (κ1) is 30.1. The highest BCUT2D eigenvalue weighted by atomic mass is 32.2. The van der Waals surface area contributed by atoms with E-state index in [-0.39, 0.29) is 10.7 Å². The quantitative estimate of drug-likeness (QED) is 0.175. The molecule has 4 aromatic rings. The van der Waals surface area contributed by atoms with Crippen molar-refractivity contribution in [1.82, 2.24) is 0 Å². The van der Waals surface area contributed by atoms with Gasteiger partial charge in [0.2, 0.25) is 0 Å². The van der Waals surface area contributed by atoms with Crippen LogP contribution in [0.5, 0.6) is 0 Å². The molecule has 1 aliphatic rings. The molecule has 3 aromatic carbocycles. The van der Waals surface area contributed by atoms with Gasteiger partial charge in [0.05, 0.1) is 10.6 Å². The number of hydrogen-bond donors (Lipinski definition) is 1. The number of pyridine rings is 1. The number of ketones is 1. The summed E-state index contributed by atoms with van der Waals surface area (Å²) in [5, 5.41) is 0. The predicted molar refractivity (Wildman–Crippen MR) is 171 cm³/mol. The van der Waals surface area contributed by atoms with E-state index in [1.807, 2.05) is 48.5 Å². The maximum Gasteiger partial charge on any atom is 0.294 e. The number of nitrogens with zero attached hydrogens (tertiary/aromatic N) is 2. The first-order valence-electron chi connectivity index (χ1n) is 14.3. The van der Waals surface area contributed by atoms with Gasteiger partial charge in [-0.2, -0.15) is 13.0 Å². The summed E-state index contributed by atoms with van der Waals surface area (Å²) in [6.45, 7) is 10.7. The van der Waals surface area contributed by atoms with Crippen molar-refractivity contribution in [2.24, 2.45) is 0 Å². The van der Waals surface area contributed by atoms with E-state index < -0.39 is 15.5 Å². The second kappa shape index (κ2) is 11.7. The van der Waals surface area contributed by atoms with Gasteiger partial charge in [-0.15, -0.1) is 0 Å². The molecule has 0 aliphatic carbocycles. The lowest BCUT2D eigenvalue weighted by molar-refractivity contribution is -0.700. The number of Topliss-reactive ketones (excluding diaryl/α,β-unsaturated/α-hetero) is 1. The highest BCUT2D eigenvalue weighted by Crippen LogP contribution is 2.51. The summed E-state index contributed by atoms with van der Waals surface area (Å²) in [6.07, 6.45) is 6.66. The SMILES string of the molecule is CC(=O)Cc1ccc(C[n+]2c(C)cc(C=CC=C3N(c4ccccc4)c4ccc(S(=O)(=O)O)cc4C3(C)C)cc2C)cc1. The number of carbonyl (C=O) groups excluding carboxylic acids is 1. The number of carbonyl (C=O) groups is 1. The van der Waals surface area contributed by atoms with E-state index in [0.29, 0.717) is 6.42 Å². The van der Waals surface area contributed by atoms with E-state index in [1.165, 1.54) is 11.6 Å². The largest absolute Gasteiger partial charge is 0.313 e. The van der Waals surface area contributed by atoms with Gasteiger partial charge in [0.1, 0.15) is 5.78 Å². The Balaban J connectivity index is 1.45. The van der Waals surface area contributed by atoms with Gasteiger partial charge >= 0.3 is 0 Å². The zero-order valence-corrected chi connectivity index (χ0v) is 26.0. The van der Waals surface area contributed by atoms with Crippen LogP contribution in [0.1, 0.15) is 54.4 Å². The summed E-state index contributed by atoms with van der Waals surface area (Å²) in [7, 11) is -4.33. The van der Waals surface area contributed by atoms with Crippen LogP contribution in [0.3, 0.4) is 0 Å². The van der Waals surface area contributed by atoms with Crippen LogP contribution in [0.4, 0.5) is 11.4 Å². The number of aromatic nitrogens is 1. The van der Waals surface area contributed by atoms with Crippen LogP contribution in [-0.2, 0) is 33.3 Å². The Morgan fingerprint density at radius 1 is 0.907 bits per heavy atom. The zero-order chi connectivity index (χ0) is 30.9. The van der Waals surface area contributed by atoms with Crippen LogP contribution in [0, 0.1) is 13.8 Å². The van der Waals surface area contributed by atoms with Gasteiger partial charge in [-0.25, -0.2) is 0 Å². The number of para-hydroxylation sites is 1. The molecule has 5 rings (SSSR count). The van der Waals surface area contributed by atoms with Crippen molar-refractivity contribution in [2.45, 2.75) is 57.9 Å². The molecule has 1 aliphatic heterocycles. The third kappa shape index (κ3) is 6.38. The molecule has 0 bridgehead atoms. The van der Waals surface area contributed by atoms with Gasteiger partial charge in [0, 0.05) is 54.8 Å². The number of hydrogen-bond acceptors (Lipinski definition) is 4. The van der Waals surface area contributed by atoms with Gasteiger partial charge < -0.3 is 4.90 Å². The van der Waals surface area contributed by atoms with Crippen LogP contribution in [0.25, 0.3) is 6.08 Å². The Labute approximate surface area is 254 Å². The van der Waals surface area contributed by atoms with Crippen molar-refractivity contribution in [2.75, 3.05) is 4.90 Å². The van der Waals surface area contributed by atoms with Gasteiger partial charge in [0.25, 0.3) is 10.1 Å². The number of aryl methyl sites for hydroxylation is 2. The minimum absolute atomic E-state index is 0.111. The molecule has 0 unspecified atom stereocenters.